The molecule has 2 aromatic rings. The van der Waals surface area contributed by atoms with Gasteiger partial charge in [0, 0.05) is 42.7 Å². The molecule has 3 rings (SSSR count). The Kier molecular flexibility index (Phi) is 4.98. The predicted octanol–water partition coefficient (Wildman–Crippen LogP) is 3.54. The number of benzene rings is 1. The second-order valence-electron chi connectivity index (χ2n) is 5.22. The molecule has 6 heteroatoms. The average Bonchev–Trinajstić information content (AvgIpc) is 2.96. The van der Waals surface area contributed by atoms with Crippen molar-refractivity contribution in [3.05, 3.63) is 50.9 Å². The lowest BCUT2D eigenvalue weighted by atomic mass is 10.0. The zero-order valence-electron chi connectivity index (χ0n) is 12.3. The molecule has 1 aromatic heterocycles. The number of rotatable bonds is 4. The summed E-state index contributed by atoms with van der Waals surface area (Å²) >= 11 is 7.69. The largest absolute Gasteiger partial charge is 0.496 e. The molecule has 0 radical (unpaired) electrons. The first-order valence-electron chi connectivity index (χ1n) is 7.22. The van der Waals surface area contributed by atoms with Crippen molar-refractivity contribution in [3.63, 3.8) is 0 Å². The molecule has 0 amide bonds. The number of hydrogen-bond acceptors (Lipinski definition) is 4. The quantitative estimate of drug-likeness (QED) is 0.921. The van der Waals surface area contributed by atoms with E-state index in [9.17, 15) is 4.39 Å². The van der Waals surface area contributed by atoms with E-state index in [0.29, 0.717) is 5.75 Å². The van der Waals surface area contributed by atoms with Crippen LogP contribution in [0.4, 0.5) is 4.39 Å². The molecule has 0 bridgehead atoms. The number of nitrogens with one attached hydrogen (secondary N) is 1. The summed E-state index contributed by atoms with van der Waals surface area (Å²) in [6, 6.07) is 8.74. The van der Waals surface area contributed by atoms with Gasteiger partial charge in [-0.25, -0.2) is 4.39 Å². The van der Waals surface area contributed by atoms with E-state index in [-0.39, 0.29) is 11.9 Å². The van der Waals surface area contributed by atoms with Crippen LogP contribution in [0.2, 0.25) is 4.34 Å². The molecule has 3 nitrogen and oxygen atoms in total. The summed E-state index contributed by atoms with van der Waals surface area (Å²) in [6.07, 6.45) is 0. The van der Waals surface area contributed by atoms with E-state index < -0.39 is 0 Å². The summed E-state index contributed by atoms with van der Waals surface area (Å²) in [5.41, 5.74) is 0.976. The maximum absolute atomic E-state index is 13.5. The second-order valence-corrected chi connectivity index (χ2v) is 6.96. The zero-order chi connectivity index (χ0) is 15.5. The number of halogens is 2. The van der Waals surface area contributed by atoms with Crippen LogP contribution < -0.4 is 10.1 Å². The van der Waals surface area contributed by atoms with Crippen molar-refractivity contribution >= 4 is 22.9 Å². The lowest BCUT2D eigenvalue weighted by Gasteiger charge is -2.35. The van der Waals surface area contributed by atoms with Gasteiger partial charge in [0.2, 0.25) is 0 Å². The first-order valence-corrected chi connectivity index (χ1v) is 8.42. The van der Waals surface area contributed by atoms with Crippen LogP contribution in [0.1, 0.15) is 16.5 Å². The summed E-state index contributed by atoms with van der Waals surface area (Å²) in [7, 11) is 1.58. The van der Waals surface area contributed by atoms with E-state index in [1.807, 2.05) is 18.2 Å². The summed E-state index contributed by atoms with van der Waals surface area (Å²) in [6.45, 7) is 3.75. The smallest absolute Gasteiger partial charge is 0.126 e. The zero-order valence-corrected chi connectivity index (χ0v) is 13.9. The van der Waals surface area contributed by atoms with E-state index in [4.69, 9.17) is 16.3 Å². The standard InChI is InChI=1S/C16H18ClFN2OS/c1-21-13-10-11(18)2-3-12(13)16(14-4-5-15(17)22-14)20-8-6-19-7-9-20/h2-5,10,16,19H,6-9H2,1H3/t16-/m0/s1. The molecule has 0 spiro atoms. The molecule has 1 aliphatic rings. The highest BCUT2D eigenvalue weighted by Crippen LogP contribution is 2.39. The van der Waals surface area contributed by atoms with Gasteiger partial charge in [-0.2, -0.15) is 0 Å². The molecule has 22 heavy (non-hydrogen) atoms. The predicted molar refractivity (Wildman–Crippen MR) is 88.6 cm³/mol. The Labute approximate surface area is 138 Å². The first-order chi connectivity index (χ1) is 10.7. The Hall–Kier alpha value is -1.14. The summed E-state index contributed by atoms with van der Waals surface area (Å²) in [5, 5.41) is 3.36. The molecule has 1 aromatic carbocycles. The van der Waals surface area contributed by atoms with Crippen LogP contribution in [0.5, 0.6) is 5.75 Å². The summed E-state index contributed by atoms with van der Waals surface area (Å²) < 4.78 is 19.7. The summed E-state index contributed by atoms with van der Waals surface area (Å²) in [5.74, 6) is 0.289. The minimum Gasteiger partial charge on any atom is -0.496 e. The Balaban J connectivity index is 2.04. The Morgan fingerprint density at radius 1 is 1.27 bits per heavy atom. The van der Waals surface area contributed by atoms with Gasteiger partial charge in [-0.1, -0.05) is 17.7 Å². The van der Waals surface area contributed by atoms with Crippen LogP contribution in [0.25, 0.3) is 0 Å². The van der Waals surface area contributed by atoms with Gasteiger partial charge in [0.25, 0.3) is 0 Å². The van der Waals surface area contributed by atoms with Gasteiger partial charge < -0.3 is 10.1 Å². The normalized spacial score (nSPS) is 17.4. The first kappa shape index (κ1) is 15.7. The minimum absolute atomic E-state index is 0.0372. The van der Waals surface area contributed by atoms with Crippen LogP contribution in [-0.2, 0) is 0 Å². The lowest BCUT2D eigenvalue weighted by molar-refractivity contribution is 0.197. The average molecular weight is 341 g/mol. The molecule has 0 aliphatic carbocycles. The maximum Gasteiger partial charge on any atom is 0.126 e. The Bertz CT molecular complexity index is 643. The van der Waals surface area contributed by atoms with Gasteiger partial charge in [-0.15, -0.1) is 11.3 Å². The lowest BCUT2D eigenvalue weighted by Crippen LogP contribution is -2.45. The van der Waals surface area contributed by atoms with E-state index in [0.717, 1.165) is 41.0 Å². The fourth-order valence-electron chi connectivity index (χ4n) is 2.86. The van der Waals surface area contributed by atoms with Gasteiger partial charge in [-0.3, -0.25) is 4.90 Å². The molecular weight excluding hydrogens is 323 g/mol. The van der Waals surface area contributed by atoms with Crippen molar-refractivity contribution in [3.8, 4) is 5.75 Å². The Morgan fingerprint density at radius 3 is 2.68 bits per heavy atom. The van der Waals surface area contributed by atoms with Crippen LogP contribution >= 0.6 is 22.9 Å². The third kappa shape index (κ3) is 3.27. The third-order valence-electron chi connectivity index (χ3n) is 3.87. The van der Waals surface area contributed by atoms with Gasteiger partial charge >= 0.3 is 0 Å². The highest BCUT2D eigenvalue weighted by molar-refractivity contribution is 7.16. The number of thiophene rings is 1. The molecule has 1 N–H and O–H groups in total. The highest BCUT2D eigenvalue weighted by atomic mass is 35.5. The number of ether oxygens (including phenoxy) is 1. The van der Waals surface area contributed by atoms with Crippen LogP contribution in [0, 0.1) is 5.82 Å². The third-order valence-corrected chi connectivity index (χ3v) is 5.15. The molecule has 1 atom stereocenters. The molecule has 2 heterocycles. The molecule has 1 aliphatic heterocycles. The monoisotopic (exact) mass is 340 g/mol. The highest BCUT2D eigenvalue weighted by Gasteiger charge is 2.27. The van der Waals surface area contributed by atoms with Crippen molar-refractivity contribution in [2.24, 2.45) is 0 Å². The number of hydrogen-bond donors (Lipinski definition) is 1. The van der Waals surface area contributed by atoms with Gasteiger partial charge in [0.1, 0.15) is 11.6 Å². The van der Waals surface area contributed by atoms with Crippen LogP contribution in [-0.4, -0.2) is 38.2 Å². The molecule has 118 valence electrons. The second kappa shape index (κ2) is 6.96. The number of nitrogens with zero attached hydrogens (tertiary/aromatic N) is 1. The molecular formula is C16H18ClFN2OS. The van der Waals surface area contributed by atoms with Crippen molar-refractivity contribution in [2.75, 3.05) is 33.3 Å². The van der Waals surface area contributed by atoms with Crippen molar-refractivity contribution < 1.29 is 9.13 Å². The van der Waals surface area contributed by atoms with E-state index in [2.05, 4.69) is 10.2 Å². The van der Waals surface area contributed by atoms with E-state index >= 15 is 0 Å². The Morgan fingerprint density at radius 2 is 2.05 bits per heavy atom. The van der Waals surface area contributed by atoms with Crippen LogP contribution in [0.15, 0.2) is 30.3 Å². The molecule has 1 saturated heterocycles. The SMILES string of the molecule is COc1cc(F)ccc1[C@@H](c1ccc(Cl)s1)N1CCNCC1. The summed E-state index contributed by atoms with van der Waals surface area (Å²) in [4.78, 5) is 3.53. The van der Waals surface area contributed by atoms with Crippen LogP contribution in [0.3, 0.4) is 0 Å². The van der Waals surface area contributed by atoms with Crippen molar-refractivity contribution in [2.45, 2.75) is 6.04 Å². The fourth-order valence-corrected chi connectivity index (χ4v) is 4.07. The minimum atomic E-state index is -0.288. The van der Waals surface area contributed by atoms with E-state index in [1.54, 1.807) is 18.4 Å². The fraction of sp³-hybridized carbons (Fsp3) is 0.375. The van der Waals surface area contributed by atoms with Gasteiger partial charge in [0.15, 0.2) is 0 Å². The van der Waals surface area contributed by atoms with Crippen molar-refractivity contribution in [1.29, 1.82) is 0 Å². The van der Waals surface area contributed by atoms with Gasteiger partial charge in [0.05, 0.1) is 17.5 Å². The van der Waals surface area contributed by atoms with Gasteiger partial charge in [-0.05, 0) is 18.2 Å². The van der Waals surface area contributed by atoms with Crippen molar-refractivity contribution in [1.82, 2.24) is 10.2 Å². The van der Waals surface area contributed by atoms with E-state index in [1.165, 1.54) is 12.1 Å². The molecule has 0 unspecified atom stereocenters. The maximum atomic E-state index is 13.5. The number of piperazine rings is 1. The molecule has 0 saturated carbocycles. The molecule has 1 fully saturated rings. The number of methoxy groups -OCH3 is 1. The topological polar surface area (TPSA) is 24.5 Å².